The van der Waals surface area contributed by atoms with E-state index in [4.69, 9.17) is 10.0 Å². The molecule has 0 saturated carbocycles. The number of hydrogen-bond donors (Lipinski definition) is 2. The highest BCUT2D eigenvalue weighted by Gasteiger charge is 2.87. The van der Waals surface area contributed by atoms with Gasteiger partial charge in [0.05, 0.1) is 0 Å². The molecule has 1 aliphatic rings. The molecule has 0 aromatic heterocycles. The molecular formula is C6H2BF9O3. The minimum atomic E-state index is -6.72. The molecule has 1 atom stereocenters. The summed E-state index contributed by atoms with van der Waals surface area (Å²) >= 11 is 0. The smallest absolute Gasteiger partial charge is 0.402 e. The maximum absolute atomic E-state index is 13.3. The average Bonchev–Trinajstić information content (AvgIpc) is 2.23. The maximum atomic E-state index is 13.3. The third-order valence-electron chi connectivity index (χ3n) is 2.21. The van der Waals surface area contributed by atoms with E-state index in [1.807, 2.05) is 0 Å². The standard InChI is InChI=1S/C6H2BF9O3/c8-1-2(9)4(12,19-7(17)18)6(15,16)5(13,14)3(1,10)11/h17-18H. The van der Waals surface area contributed by atoms with Crippen molar-refractivity contribution < 1.29 is 54.2 Å². The maximum Gasteiger partial charge on any atom is 0.636 e. The zero-order chi connectivity index (χ0) is 15.4. The average molecular weight is 304 g/mol. The number of hydrogen-bond acceptors (Lipinski definition) is 3. The van der Waals surface area contributed by atoms with Crippen molar-refractivity contribution in [2.45, 2.75) is 23.6 Å². The lowest BCUT2D eigenvalue weighted by Crippen LogP contribution is -2.69. The minimum Gasteiger partial charge on any atom is -0.402 e. The van der Waals surface area contributed by atoms with E-state index < -0.39 is 42.6 Å². The van der Waals surface area contributed by atoms with Crippen LogP contribution in [-0.2, 0) is 4.65 Å². The van der Waals surface area contributed by atoms with Crippen molar-refractivity contribution in [2.24, 2.45) is 0 Å². The summed E-state index contributed by atoms with van der Waals surface area (Å²) in [5.74, 6) is -33.1. The topological polar surface area (TPSA) is 49.7 Å². The van der Waals surface area contributed by atoms with E-state index in [2.05, 4.69) is 4.65 Å². The first-order valence-corrected chi connectivity index (χ1v) is 4.16. The highest BCUT2D eigenvalue weighted by Crippen LogP contribution is 2.61. The van der Waals surface area contributed by atoms with Crippen LogP contribution in [0.15, 0.2) is 11.7 Å². The Morgan fingerprint density at radius 3 is 1.58 bits per heavy atom. The van der Waals surface area contributed by atoms with Gasteiger partial charge in [-0.2, -0.15) is 30.7 Å². The van der Waals surface area contributed by atoms with Gasteiger partial charge in [-0.1, -0.05) is 0 Å². The third-order valence-corrected chi connectivity index (χ3v) is 2.21. The van der Waals surface area contributed by atoms with E-state index in [1.165, 1.54) is 0 Å². The van der Waals surface area contributed by atoms with E-state index in [1.54, 1.807) is 0 Å². The largest absolute Gasteiger partial charge is 0.636 e. The van der Waals surface area contributed by atoms with Gasteiger partial charge < -0.3 is 14.7 Å². The van der Waals surface area contributed by atoms with Crippen molar-refractivity contribution in [3.05, 3.63) is 11.7 Å². The second kappa shape index (κ2) is 4.02. The summed E-state index contributed by atoms with van der Waals surface area (Å²) in [6.45, 7) is 0. The highest BCUT2D eigenvalue weighted by atomic mass is 19.4. The molecule has 0 aromatic carbocycles. The van der Waals surface area contributed by atoms with Crippen LogP contribution in [0.1, 0.15) is 0 Å². The monoisotopic (exact) mass is 304 g/mol. The summed E-state index contributed by atoms with van der Waals surface area (Å²) in [5.41, 5.74) is 0. The van der Waals surface area contributed by atoms with Crippen LogP contribution in [0, 0.1) is 0 Å². The molecule has 0 radical (unpaired) electrons. The van der Waals surface area contributed by atoms with Gasteiger partial charge in [0.1, 0.15) is 0 Å². The van der Waals surface area contributed by atoms with Crippen LogP contribution < -0.4 is 0 Å². The van der Waals surface area contributed by atoms with Crippen molar-refractivity contribution in [3.8, 4) is 0 Å². The summed E-state index contributed by atoms with van der Waals surface area (Å²) in [6, 6.07) is 0. The van der Waals surface area contributed by atoms with Crippen molar-refractivity contribution in [3.63, 3.8) is 0 Å². The summed E-state index contributed by atoms with van der Waals surface area (Å²) in [6.07, 6.45) is 0. The van der Waals surface area contributed by atoms with Gasteiger partial charge in [-0.05, 0) is 0 Å². The van der Waals surface area contributed by atoms with Crippen LogP contribution >= 0.6 is 0 Å². The molecular weight excluding hydrogens is 302 g/mol. The van der Waals surface area contributed by atoms with Crippen LogP contribution in [-0.4, -0.2) is 41.0 Å². The Morgan fingerprint density at radius 2 is 1.21 bits per heavy atom. The molecule has 0 heterocycles. The Balaban J connectivity index is 3.62. The molecule has 2 N–H and O–H groups in total. The lowest BCUT2D eigenvalue weighted by atomic mass is 9.88. The van der Waals surface area contributed by atoms with Crippen LogP contribution in [0.5, 0.6) is 0 Å². The summed E-state index contributed by atoms with van der Waals surface area (Å²) < 4.78 is 118. The zero-order valence-corrected chi connectivity index (χ0v) is 8.28. The van der Waals surface area contributed by atoms with E-state index >= 15 is 0 Å². The van der Waals surface area contributed by atoms with Crippen molar-refractivity contribution in [1.82, 2.24) is 0 Å². The molecule has 0 spiro atoms. The molecule has 0 amide bonds. The second-order valence-electron chi connectivity index (χ2n) is 3.39. The predicted molar refractivity (Wildman–Crippen MR) is 39.2 cm³/mol. The number of halogens is 9. The van der Waals surface area contributed by atoms with Crippen LogP contribution in [0.3, 0.4) is 0 Å². The first kappa shape index (κ1) is 16.1. The fourth-order valence-electron chi connectivity index (χ4n) is 1.22. The second-order valence-corrected chi connectivity index (χ2v) is 3.39. The number of allylic oxidation sites excluding steroid dienone is 1. The van der Waals surface area contributed by atoms with Gasteiger partial charge in [-0.25, -0.2) is 8.78 Å². The fraction of sp³-hybridized carbons (Fsp3) is 0.667. The molecule has 0 aromatic rings. The van der Waals surface area contributed by atoms with Crippen LogP contribution in [0.2, 0.25) is 0 Å². The molecule has 13 heteroatoms. The van der Waals surface area contributed by atoms with Crippen molar-refractivity contribution in [1.29, 1.82) is 0 Å². The molecule has 0 fully saturated rings. The summed E-state index contributed by atoms with van der Waals surface area (Å²) in [4.78, 5) is 0. The quantitative estimate of drug-likeness (QED) is 0.603. The third kappa shape index (κ3) is 1.75. The molecule has 19 heavy (non-hydrogen) atoms. The number of rotatable bonds is 2. The molecule has 110 valence electrons. The van der Waals surface area contributed by atoms with Gasteiger partial charge >= 0.3 is 30.9 Å². The normalized spacial score (nSPS) is 32.4. The van der Waals surface area contributed by atoms with Gasteiger partial charge in [0.25, 0.3) is 0 Å². The molecule has 0 saturated heterocycles. The zero-order valence-electron chi connectivity index (χ0n) is 8.28. The van der Waals surface area contributed by atoms with Gasteiger partial charge in [0, 0.05) is 0 Å². The van der Waals surface area contributed by atoms with E-state index in [-0.39, 0.29) is 0 Å². The Bertz CT molecular complexity index is 422. The molecule has 3 nitrogen and oxygen atoms in total. The van der Waals surface area contributed by atoms with Crippen molar-refractivity contribution in [2.75, 3.05) is 0 Å². The van der Waals surface area contributed by atoms with Crippen molar-refractivity contribution >= 4 is 7.32 Å². The predicted octanol–water partition coefficient (Wildman–Crippen LogP) is 1.71. The van der Waals surface area contributed by atoms with E-state index in [0.717, 1.165) is 0 Å². The summed E-state index contributed by atoms with van der Waals surface area (Å²) in [5, 5.41) is 16.0. The van der Waals surface area contributed by atoms with Crippen LogP contribution in [0.4, 0.5) is 39.5 Å². The highest BCUT2D eigenvalue weighted by molar-refractivity contribution is 6.32. The Kier molecular flexibility index (Phi) is 3.41. The Labute approximate surface area is 98.0 Å². The summed E-state index contributed by atoms with van der Waals surface area (Å²) in [7, 11) is -3.60. The molecule has 1 aliphatic carbocycles. The Hall–Kier alpha value is -0.945. The molecule has 0 bridgehead atoms. The first-order chi connectivity index (χ1) is 8.23. The van der Waals surface area contributed by atoms with E-state index in [9.17, 15) is 39.5 Å². The SMILES string of the molecule is OB(O)OC1(F)C(F)=C(F)C(F)(F)C(F)(F)C1(F)F. The van der Waals surface area contributed by atoms with E-state index in [0.29, 0.717) is 0 Å². The van der Waals surface area contributed by atoms with Gasteiger partial charge in [0.15, 0.2) is 0 Å². The molecule has 1 rings (SSSR count). The first-order valence-electron chi connectivity index (χ1n) is 4.16. The Morgan fingerprint density at radius 1 is 0.789 bits per heavy atom. The fourth-order valence-corrected chi connectivity index (χ4v) is 1.22. The van der Waals surface area contributed by atoms with Gasteiger partial charge in [-0.15, -0.1) is 0 Å². The van der Waals surface area contributed by atoms with Crippen LogP contribution in [0.25, 0.3) is 0 Å². The number of alkyl halides is 7. The van der Waals surface area contributed by atoms with Gasteiger partial charge in [0.2, 0.25) is 11.7 Å². The lowest BCUT2D eigenvalue weighted by molar-refractivity contribution is -0.380. The molecule has 1 unspecified atom stereocenters. The van der Waals surface area contributed by atoms with Gasteiger partial charge in [-0.3, -0.25) is 0 Å². The minimum absolute atomic E-state index is 2.71. The molecule has 0 aliphatic heterocycles. The lowest BCUT2D eigenvalue weighted by Gasteiger charge is -2.42.